The fourth-order valence-electron chi connectivity index (χ4n) is 3.77. The van der Waals surface area contributed by atoms with Crippen LogP contribution in [0.15, 0.2) is 73.2 Å². The lowest BCUT2D eigenvalue weighted by Gasteiger charge is -2.33. The molecule has 7 nitrogen and oxygen atoms in total. The van der Waals surface area contributed by atoms with E-state index in [0.29, 0.717) is 24.6 Å². The highest BCUT2D eigenvalue weighted by molar-refractivity contribution is 5.95. The molecule has 0 aliphatic heterocycles. The van der Waals surface area contributed by atoms with Crippen molar-refractivity contribution in [1.29, 1.82) is 0 Å². The van der Waals surface area contributed by atoms with E-state index in [1.165, 1.54) is 4.90 Å². The number of rotatable bonds is 6. The third-order valence-electron chi connectivity index (χ3n) is 5.44. The summed E-state index contributed by atoms with van der Waals surface area (Å²) >= 11 is 0. The first kappa shape index (κ1) is 22.2. The number of benzene rings is 2. The molecule has 0 aliphatic rings. The first-order chi connectivity index (χ1) is 15.8. The number of amides is 1. The lowest BCUT2D eigenvalue weighted by molar-refractivity contribution is 0.101. The highest BCUT2D eigenvalue weighted by Crippen LogP contribution is 2.29. The van der Waals surface area contributed by atoms with E-state index in [9.17, 15) is 9.90 Å². The largest absolute Gasteiger partial charge is 0.465 e. The van der Waals surface area contributed by atoms with Gasteiger partial charge in [-0.15, -0.1) is 0 Å². The van der Waals surface area contributed by atoms with E-state index >= 15 is 0 Å². The lowest BCUT2D eigenvalue weighted by atomic mass is 10.0. The number of hydrogen-bond donors (Lipinski definition) is 2. The van der Waals surface area contributed by atoms with Crippen LogP contribution in [0.4, 0.5) is 16.4 Å². The van der Waals surface area contributed by atoms with Crippen LogP contribution in [-0.2, 0) is 6.42 Å². The summed E-state index contributed by atoms with van der Waals surface area (Å²) in [5.74, 6) is 1.33. The first-order valence-corrected chi connectivity index (χ1v) is 10.8. The summed E-state index contributed by atoms with van der Waals surface area (Å²) in [4.78, 5) is 26.4. The minimum Gasteiger partial charge on any atom is -0.465 e. The predicted molar refractivity (Wildman–Crippen MR) is 131 cm³/mol. The Bertz CT molecular complexity index is 1270. The molecule has 2 aromatic heterocycles. The number of aromatic nitrogens is 3. The normalized spacial score (nSPS) is 11.4. The molecule has 0 radical (unpaired) electrons. The molecular weight excluding hydrogens is 414 g/mol. The number of hydrogen-bond acceptors (Lipinski definition) is 5. The number of nitrogens with one attached hydrogen (secondary N) is 1. The molecule has 2 heterocycles. The lowest BCUT2D eigenvalue weighted by Crippen LogP contribution is -2.45. The second kappa shape index (κ2) is 9.24. The van der Waals surface area contributed by atoms with E-state index in [4.69, 9.17) is 4.98 Å². The van der Waals surface area contributed by atoms with E-state index in [1.54, 1.807) is 18.6 Å². The molecule has 7 heteroatoms. The summed E-state index contributed by atoms with van der Waals surface area (Å²) in [5.41, 5.74) is 2.40. The van der Waals surface area contributed by atoms with Crippen molar-refractivity contribution in [3.63, 3.8) is 0 Å². The zero-order chi connectivity index (χ0) is 23.4. The summed E-state index contributed by atoms with van der Waals surface area (Å²) in [6.45, 7) is 6.14. The van der Waals surface area contributed by atoms with Crippen LogP contribution < -0.4 is 5.32 Å². The van der Waals surface area contributed by atoms with Gasteiger partial charge >= 0.3 is 6.09 Å². The van der Waals surface area contributed by atoms with Gasteiger partial charge in [0.15, 0.2) is 0 Å². The van der Waals surface area contributed by atoms with Gasteiger partial charge < -0.3 is 15.3 Å². The number of anilines is 2. The topological polar surface area (TPSA) is 91.2 Å². The van der Waals surface area contributed by atoms with Crippen molar-refractivity contribution in [2.24, 2.45) is 0 Å². The summed E-state index contributed by atoms with van der Waals surface area (Å²) in [7, 11) is 0. The molecule has 0 unspecified atom stereocenters. The Kier molecular flexibility index (Phi) is 6.22. The Morgan fingerprint density at radius 3 is 2.61 bits per heavy atom. The van der Waals surface area contributed by atoms with Gasteiger partial charge in [0.2, 0.25) is 0 Å². The van der Waals surface area contributed by atoms with Crippen molar-refractivity contribution in [2.75, 3.05) is 11.9 Å². The molecule has 0 spiro atoms. The number of carbonyl (C=O) groups is 1. The molecule has 0 bridgehead atoms. The number of nitrogens with zero attached hydrogens (tertiary/aromatic N) is 4. The van der Waals surface area contributed by atoms with Gasteiger partial charge in [0.25, 0.3) is 0 Å². The fraction of sp³-hybridized carbons (Fsp3) is 0.231. The zero-order valence-corrected chi connectivity index (χ0v) is 19.0. The van der Waals surface area contributed by atoms with Gasteiger partial charge in [0.1, 0.15) is 11.6 Å². The molecule has 33 heavy (non-hydrogen) atoms. The molecule has 2 aromatic carbocycles. The quantitative estimate of drug-likeness (QED) is 0.395. The van der Waals surface area contributed by atoms with E-state index in [0.717, 1.165) is 27.6 Å². The summed E-state index contributed by atoms with van der Waals surface area (Å²) in [5, 5.41) is 14.9. The molecule has 4 rings (SSSR count). The van der Waals surface area contributed by atoms with Crippen molar-refractivity contribution >= 4 is 28.5 Å². The van der Waals surface area contributed by atoms with E-state index < -0.39 is 11.6 Å². The van der Waals surface area contributed by atoms with Crippen LogP contribution in [0, 0.1) is 0 Å². The molecule has 168 valence electrons. The Labute approximate surface area is 193 Å². The maximum absolute atomic E-state index is 11.7. The smallest absolute Gasteiger partial charge is 0.407 e. The molecule has 0 atom stereocenters. The highest BCUT2D eigenvalue weighted by atomic mass is 16.4. The van der Waals surface area contributed by atoms with Crippen molar-refractivity contribution in [3.05, 3.63) is 78.8 Å². The molecule has 0 saturated carbocycles. The Balaban J connectivity index is 1.66. The van der Waals surface area contributed by atoms with Crippen molar-refractivity contribution in [2.45, 2.75) is 32.7 Å². The van der Waals surface area contributed by atoms with E-state index in [2.05, 4.69) is 33.5 Å². The summed E-state index contributed by atoms with van der Waals surface area (Å²) in [6.07, 6.45) is 4.64. The monoisotopic (exact) mass is 441 g/mol. The number of pyridine rings is 1. The first-order valence-electron chi connectivity index (χ1n) is 10.8. The minimum atomic E-state index is -0.908. The van der Waals surface area contributed by atoms with E-state index in [1.807, 2.05) is 57.2 Å². The molecule has 0 fully saturated rings. The van der Waals surface area contributed by atoms with Crippen molar-refractivity contribution < 1.29 is 9.90 Å². The van der Waals surface area contributed by atoms with Gasteiger partial charge in [-0.05, 0) is 50.3 Å². The van der Waals surface area contributed by atoms with Gasteiger partial charge in [-0.3, -0.25) is 4.98 Å². The van der Waals surface area contributed by atoms with Gasteiger partial charge in [-0.2, -0.15) is 0 Å². The Morgan fingerprint density at radius 1 is 1.06 bits per heavy atom. The SMILES string of the molecule is CC(C)(C)N(CCc1cccc(-c2cc3ccccc3c(Nc3cnccn3)n2)c1)C(=O)O. The average Bonchev–Trinajstić information content (AvgIpc) is 2.79. The van der Waals surface area contributed by atoms with Gasteiger partial charge in [-0.1, -0.05) is 42.5 Å². The van der Waals surface area contributed by atoms with E-state index in [-0.39, 0.29) is 0 Å². The number of fused-ring (bicyclic) bond motifs is 1. The van der Waals surface area contributed by atoms with Gasteiger partial charge in [-0.25, -0.2) is 14.8 Å². The number of carboxylic acid groups (broad SMARTS) is 1. The molecule has 4 aromatic rings. The third-order valence-corrected chi connectivity index (χ3v) is 5.44. The van der Waals surface area contributed by atoms with Crippen LogP contribution in [0.25, 0.3) is 22.0 Å². The van der Waals surface area contributed by atoms with Gasteiger partial charge in [0.05, 0.1) is 11.9 Å². The summed E-state index contributed by atoms with van der Waals surface area (Å²) in [6, 6.07) is 18.2. The molecule has 0 saturated heterocycles. The van der Waals surface area contributed by atoms with Crippen LogP contribution in [-0.4, -0.2) is 43.1 Å². The Morgan fingerprint density at radius 2 is 1.88 bits per heavy atom. The fourth-order valence-corrected chi connectivity index (χ4v) is 3.77. The van der Waals surface area contributed by atoms with Crippen molar-refractivity contribution in [1.82, 2.24) is 19.9 Å². The standard InChI is InChI=1S/C26H27N5O2/c1-26(2,3)31(25(32)33)14-11-18-7-6-9-20(15-18)22-16-19-8-4-5-10-21(19)24(29-22)30-23-17-27-12-13-28-23/h4-10,12-13,15-17H,11,14H2,1-3H3,(H,32,33)(H,28,29,30). The van der Waals surface area contributed by atoms with Crippen LogP contribution in [0.2, 0.25) is 0 Å². The maximum atomic E-state index is 11.7. The van der Waals surface area contributed by atoms with Crippen LogP contribution in [0.3, 0.4) is 0 Å². The summed E-state index contributed by atoms with van der Waals surface area (Å²) < 4.78 is 0. The highest BCUT2D eigenvalue weighted by Gasteiger charge is 2.25. The van der Waals surface area contributed by atoms with Gasteiger partial charge in [0, 0.05) is 35.4 Å². The molecular formula is C26H27N5O2. The second-order valence-corrected chi connectivity index (χ2v) is 8.85. The molecule has 0 aliphatic carbocycles. The van der Waals surface area contributed by atoms with Crippen LogP contribution >= 0.6 is 0 Å². The van der Waals surface area contributed by atoms with Crippen LogP contribution in [0.1, 0.15) is 26.3 Å². The Hall–Kier alpha value is -4.00. The third kappa shape index (κ3) is 5.26. The van der Waals surface area contributed by atoms with Crippen LogP contribution in [0.5, 0.6) is 0 Å². The average molecular weight is 442 g/mol. The molecule has 1 amide bonds. The minimum absolute atomic E-state index is 0.424. The molecule has 2 N–H and O–H groups in total. The predicted octanol–water partition coefficient (Wildman–Crippen LogP) is 5.76. The zero-order valence-electron chi connectivity index (χ0n) is 19.0. The second-order valence-electron chi connectivity index (χ2n) is 8.85. The van der Waals surface area contributed by atoms with Crippen molar-refractivity contribution in [3.8, 4) is 11.3 Å². The maximum Gasteiger partial charge on any atom is 0.407 e.